The van der Waals surface area contributed by atoms with Gasteiger partial charge in [0.05, 0.1) is 12.3 Å². The SMILES string of the molecule is CCNC(=NCC1CCCS1)NCCS(=O)(=O)N(CC)CC.I. The number of nitrogens with one attached hydrogen (secondary N) is 2. The van der Waals surface area contributed by atoms with Crippen LogP contribution in [-0.2, 0) is 10.0 Å². The minimum Gasteiger partial charge on any atom is -0.357 e. The second-order valence-corrected chi connectivity index (χ2v) is 8.68. The molecule has 0 bridgehead atoms. The monoisotopic (exact) mass is 478 g/mol. The predicted molar refractivity (Wildman–Crippen MR) is 112 cm³/mol. The Morgan fingerprint density at radius 1 is 1.26 bits per heavy atom. The number of aliphatic imine (C=N–C) groups is 1. The van der Waals surface area contributed by atoms with Crippen LogP contribution in [0.15, 0.2) is 4.99 Å². The molecule has 0 saturated carbocycles. The summed E-state index contributed by atoms with van der Waals surface area (Å²) >= 11 is 1.98. The molecule has 0 amide bonds. The molecular formula is C14H31IN4O2S2. The van der Waals surface area contributed by atoms with E-state index in [0.717, 1.165) is 13.1 Å². The van der Waals surface area contributed by atoms with Crippen molar-refractivity contribution in [3.8, 4) is 0 Å². The Bertz CT molecular complexity index is 436. The number of hydrogen-bond acceptors (Lipinski definition) is 4. The van der Waals surface area contributed by atoms with Gasteiger partial charge in [-0.3, -0.25) is 4.99 Å². The highest BCUT2D eigenvalue weighted by Crippen LogP contribution is 2.25. The number of nitrogens with zero attached hydrogens (tertiary/aromatic N) is 2. The summed E-state index contributed by atoms with van der Waals surface area (Å²) in [4.78, 5) is 4.57. The summed E-state index contributed by atoms with van der Waals surface area (Å²) in [7, 11) is -3.18. The lowest BCUT2D eigenvalue weighted by Crippen LogP contribution is -2.42. The molecule has 0 aromatic rings. The van der Waals surface area contributed by atoms with Gasteiger partial charge in [-0.2, -0.15) is 11.8 Å². The highest BCUT2D eigenvalue weighted by Gasteiger charge is 2.18. The summed E-state index contributed by atoms with van der Waals surface area (Å²) in [6.07, 6.45) is 2.50. The average molecular weight is 478 g/mol. The molecule has 1 rings (SSSR count). The molecule has 1 heterocycles. The first-order valence-electron chi connectivity index (χ1n) is 8.15. The lowest BCUT2D eigenvalue weighted by molar-refractivity contribution is 0.445. The van der Waals surface area contributed by atoms with Crippen molar-refractivity contribution in [3.63, 3.8) is 0 Å². The molecule has 1 fully saturated rings. The van der Waals surface area contributed by atoms with Crippen LogP contribution < -0.4 is 10.6 Å². The van der Waals surface area contributed by atoms with Gasteiger partial charge in [0, 0.05) is 31.4 Å². The van der Waals surface area contributed by atoms with Crippen molar-refractivity contribution in [2.24, 2.45) is 4.99 Å². The standard InChI is InChI=1S/C14H30N4O2S2.HI/c1-4-15-14(17-12-13-8-7-10-21-13)16-9-11-22(19,20)18(5-2)6-3;/h13H,4-12H2,1-3H3,(H2,15,16,17);1H. The van der Waals surface area contributed by atoms with Crippen LogP contribution in [0.3, 0.4) is 0 Å². The van der Waals surface area contributed by atoms with Gasteiger partial charge >= 0.3 is 0 Å². The molecule has 1 atom stereocenters. The fraction of sp³-hybridized carbons (Fsp3) is 0.929. The Labute approximate surface area is 162 Å². The zero-order valence-electron chi connectivity index (χ0n) is 14.4. The topological polar surface area (TPSA) is 73.8 Å². The first kappa shape index (κ1) is 23.3. The third-order valence-corrected chi connectivity index (χ3v) is 6.98. The number of hydrogen-bond donors (Lipinski definition) is 2. The molecule has 1 unspecified atom stereocenters. The molecule has 138 valence electrons. The van der Waals surface area contributed by atoms with Gasteiger partial charge < -0.3 is 10.6 Å². The molecule has 23 heavy (non-hydrogen) atoms. The largest absolute Gasteiger partial charge is 0.357 e. The Kier molecular flexibility index (Phi) is 12.7. The van der Waals surface area contributed by atoms with E-state index in [-0.39, 0.29) is 29.7 Å². The fourth-order valence-corrected chi connectivity index (χ4v) is 4.95. The number of sulfonamides is 1. The summed E-state index contributed by atoms with van der Waals surface area (Å²) < 4.78 is 25.7. The van der Waals surface area contributed by atoms with E-state index in [4.69, 9.17) is 0 Å². The molecular weight excluding hydrogens is 447 g/mol. The Balaban J connectivity index is 0.00000484. The molecule has 1 aliphatic heterocycles. The van der Waals surface area contributed by atoms with E-state index in [9.17, 15) is 8.42 Å². The van der Waals surface area contributed by atoms with Crippen molar-refractivity contribution in [1.29, 1.82) is 0 Å². The molecule has 2 N–H and O–H groups in total. The molecule has 0 spiro atoms. The van der Waals surface area contributed by atoms with Crippen LogP contribution in [0.1, 0.15) is 33.6 Å². The quantitative estimate of drug-likeness (QED) is 0.300. The first-order chi connectivity index (χ1) is 10.5. The second kappa shape index (κ2) is 12.6. The summed E-state index contributed by atoms with van der Waals surface area (Å²) in [6, 6.07) is 0. The van der Waals surface area contributed by atoms with E-state index >= 15 is 0 Å². The lowest BCUT2D eigenvalue weighted by atomic mass is 10.2. The van der Waals surface area contributed by atoms with Gasteiger partial charge in [-0.25, -0.2) is 12.7 Å². The summed E-state index contributed by atoms with van der Waals surface area (Å²) in [5.74, 6) is 2.04. The van der Waals surface area contributed by atoms with Gasteiger partial charge in [0.1, 0.15) is 0 Å². The van der Waals surface area contributed by atoms with Gasteiger partial charge in [0.25, 0.3) is 0 Å². The highest BCUT2D eigenvalue weighted by molar-refractivity contribution is 14.0. The molecule has 1 saturated heterocycles. The first-order valence-corrected chi connectivity index (χ1v) is 10.8. The normalized spacial score (nSPS) is 18.8. The maximum atomic E-state index is 12.1. The molecule has 6 nitrogen and oxygen atoms in total. The summed E-state index contributed by atoms with van der Waals surface area (Å²) in [5.41, 5.74) is 0. The third-order valence-electron chi connectivity index (χ3n) is 3.57. The van der Waals surface area contributed by atoms with E-state index in [1.807, 2.05) is 32.5 Å². The number of guanidine groups is 1. The Hall–Kier alpha value is 0.260. The van der Waals surface area contributed by atoms with Crippen molar-refractivity contribution >= 4 is 51.7 Å². The van der Waals surface area contributed by atoms with Crippen molar-refractivity contribution in [2.45, 2.75) is 38.9 Å². The Morgan fingerprint density at radius 2 is 1.96 bits per heavy atom. The van der Waals surface area contributed by atoms with Gasteiger partial charge in [0.15, 0.2) is 5.96 Å². The van der Waals surface area contributed by atoms with E-state index in [1.54, 1.807) is 0 Å². The fourth-order valence-electron chi connectivity index (χ4n) is 2.37. The van der Waals surface area contributed by atoms with Crippen LogP contribution in [0.4, 0.5) is 0 Å². The maximum absolute atomic E-state index is 12.1. The van der Waals surface area contributed by atoms with E-state index in [0.29, 0.717) is 30.8 Å². The number of thioether (sulfide) groups is 1. The average Bonchev–Trinajstić information content (AvgIpc) is 2.99. The van der Waals surface area contributed by atoms with Gasteiger partial charge in [-0.15, -0.1) is 24.0 Å². The van der Waals surface area contributed by atoms with Gasteiger partial charge in [-0.1, -0.05) is 13.8 Å². The lowest BCUT2D eigenvalue weighted by Gasteiger charge is -2.19. The van der Waals surface area contributed by atoms with E-state index < -0.39 is 10.0 Å². The van der Waals surface area contributed by atoms with Gasteiger partial charge in [0.2, 0.25) is 10.0 Å². The van der Waals surface area contributed by atoms with Crippen LogP contribution in [0.25, 0.3) is 0 Å². The van der Waals surface area contributed by atoms with Crippen LogP contribution in [0.2, 0.25) is 0 Å². The number of halogens is 1. The number of rotatable bonds is 9. The van der Waals surface area contributed by atoms with Crippen molar-refractivity contribution < 1.29 is 8.42 Å². The van der Waals surface area contributed by atoms with Crippen LogP contribution in [0.5, 0.6) is 0 Å². The predicted octanol–water partition coefficient (Wildman–Crippen LogP) is 1.73. The van der Waals surface area contributed by atoms with Crippen LogP contribution in [-0.4, -0.2) is 68.2 Å². The minimum atomic E-state index is -3.18. The molecule has 0 aromatic carbocycles. The molecule has 1 aliphatic rings. The minimum absolute atomic E-state index is 0. The van der Waals surface area contributed by atoms with Crippen LogP contribution in [0, 0.1) is 0 Å². The zero-order chi connectivity index (χ0) is 16.4. The molecule has 0 aromatic heterocycles. The second-order valence-electron chi connectivity index (χ2n) is 5.18. The van der Waals surface area contributed by atoms with Crippen LogP contribution >= 0.6 is 35.7 Å². The van der Waals surface area contributed by atoms with Crippen molar-refractivity contribution in [2.75, 3.05) is 44.2 Å². The van der Waals surface area contributed by atoms with Crippen molar-refractivity contribution in [1.82, 2.24) is 14.9 Å². The molecule has 0 radical (unpaired) electrons. The summed E-state index contributed by atoms with van der Waals surface area (Å²) in [5, 5.41) is 6.91. The third kappa shape index (κ3) is 8.78. The summed E-state index contributed by atoms with van der Waals surface area (Å²) in [6.45, 7) is 8.71. The van der Waals surface area contributed by atoms with E-state index in [1.165, 1.54) is 22.9 Å². The smallest absolute Gasteiger partial charge is 0.215 e. The zero-order valence-corrected chi connectivity index (χ0v) is 18.3. The highest BCUT2D eigenvalue weighted by atomic mass is 127. The molecule has 9 heteroatoms. The Morgan fingerprint density at radius 3 is 2.48 bits per heavy atom. The van der Waals surface area contributed by atoms with E-state index in [2.05, 4.69) is 15.6 Å². The maximum Gasteiger partial charge on any atom is 0.215 e. The van der Waals surface area contributed by atoms with Crippen molar-refractivity contribution in [3.05, 3.63) is 0 Å². The van der Waals surface area contributed by atoms with Gasteiger partial charge in [-0.05, 0) is 25.5 Å². The molecule has 0 aliphatic carbocycles.